The van der Waals surface area contributed by atoms with Crippen molar-refractivity contribution in [2.45, 2.75) is 30.6 Å². The van der Waals surface area contributed by atoms with Gasteiger partial charge in [0.1, 0.15) is 5.67 Å². The first kappa shape index (κ1) is 6.55. The van der Waals surface area contributed by atoms with Crippen LogP contribution in [0, 0.1) is 0 Å². The minimum absolute atomic E-state index is 0.0382. The van der Waals surface area contributed by atoms with Gasteiger partial charge in [-0.3, -0.25) is 4.90 Å². The number of hydrogen-bond acceptors (Lipinski definition) is 2. The highest BCUT2D eigenvalue weighted by Gasteiger charge is 2.61. The molecule has 0 aromatic heterocycles. The summed E-state index contributed by atoms with van der Waals surface area (Å²) in [6.45, 7) is -0.0382. The van der Waals surface area contributed by atoms with Gasteiger partial charge in [-0.2, -0.15) is 0 Å². The van der Waals surface area contributed by atoms with Gasteiger partial charge in [0.25, 0.3) is 0 Å². The molecule has 1 atom stereocenters. The Morgan fingerprint density at radius 2 is 2.30 bits per heavy atom. The van der Waals surface area contributed by atoms with Crippen LogP contribution in [0.25, 0.3) is 0 Å². The molecule has 0 spiro atoms. The van der Waals surface area contributed by atoms with Gasteiger partial charge in [0.15, 0.2) is 0 Å². The summed E-state index contributed by atoms with van der Waals surface area (Å²) in [7, 11) is 1.89. The number of aliphatic hydroxyl groups is 1. The summed E-state index contributed by atoms with van der Waals surface area (Å²) in [6.07, 6.45) is 1.27. The number of fused-ring (bicyclic) bond motifs is 1. The lowest BCUT2D eigenvalue weighted by molar-refractivity contribution is 0.0640. The predicted molar refractivity (Wildman–Crippen MR) is 35.5 cm³/mol. The quantitative estimate of drug-likeness (QED) is 0.568. The van der Waals surface area contributed by atoms with Crippen molar-refractivity contribution in [3.63, 3.8) is 0 Å². The maximum absolute atomic E-state index is 13.4. The highest BCUT2D eigenvalue weighted by molar-refractivity contribution is 5.14. The van der Waals surface area contributed by atoms with E-state index in [0.29, 0.717) is 18.9 Å². The molecule has 0 aromatic carbocycles. The number of nitrogens with zero attached hydrogens (tertiary/aromatic N) is 1. The lowest BCUT2D eigenvalue weighted by Crippen LogP contribution is -2.40. The van der Waals surface area contributed by atoms with Crippen LogP contribution in [-0.4, -0.2) is 41.4 Å². The molecule has 2 aliphatic heterocycles. The van der Waals surface area contributed by atoms with Crippen LogP contribution in [0.1, 0.15) is 12.8 Å². The summed E-state index contributed by atoms with van der Waals surface area (Å²) in [6, 6.07) is 0.180. The average molecular weight is 145 g/mol. The summed E-state index contributed by atoms with van der Waals surface area (Å²) in [5.41, 5.74) is -1.05. The monoisotopic (exact) mass is 145 g/mol. The second kappa shape index (κ2) is 1.71. The third-order valence-corrected chi connectivity index (χ3v) is 2.99. The molecule has 3 aliphatic rings. The first-order chi connectivity index (χ1) is 4.67. The summed E-state index contributed by atoms with van der Waals surface area (Å²) < 4.78 is 13.4. The van der Waals surface area contributed by atoms with Gasteiger partial charge in [-0.15, -0.1) is 0 Å². The highest BCUT2D eigenvalue weighted by Crippen LogP contribution is 2.50. The first-order valence-corrected chi connectivity index (χ1v) is 3.69. The van der Waals surface area contributed by atoms with Gasteiger partial charge >= 0.3 is 0 Å². The summed E-state index contributed by atoms with van der Waals surface area (Å²) >= 11 is 0. The Morgan fingerprint density at radius 1 is 1.70 bits per heavy atom. The molecule has 3 heteroatoms. The van der Waals surface area contributed by atoms with E-state index in [4.69, 9.17) is 5.11 Å². The van der Waals surface area contributed by atoms with Crippen molar-refractivity contribution in [2.75, 3.05) is 13.7 Å². The SMILES string of the molecule is CN1C2CC(F)(C2)C1CO. The number of alkyl halides is 1. The molecule has 1 saturated carbocycles. The Kier molecular flexibility index (Phi) is 1.12. The molecule has 2 heterocycles. The molecule has 3 rings (SSSR count). The standard InChI is InChI=1S/C7H12FNO/c1-9-5-2-7(8,3-5)6(9)4-10/h5-6,10H,2-4H2,1H3. The van der Waals surface area contributed by atoms with Gasteiger partial charge in [-0.1, -0.05) is 0 Å². The lowest BCUT2D eigenvalue weighted by atomic mass is 9.80. The molecular formula is C7H12FNO. The van der Waals surface area contributed by atoms with E-state index in [1.54, 1.807) is 0 Å². The molecular weight excluding hydrogens is 133 g/mol. The molecule has 1 N–H and O–H groups in total. The Morgan fingerprint density at radius 3 is 2.50 bits per heavy atom. The predicted octanol–water partition coefficient (Wildman–Crippen LogP) is 0.163. The van der Waals surface area contributed by atoms with Crippen molar-refractivity contribution in [3.05, 3.63) is 0 Å². The fraction of sp³-hybridized carbons (Fsp3) is 1.00. The molecule has 0 aromatic rings. The summed E-state index contributed by atoms with van der Waals surface area (Å²) in [4.78, 5) is 1.96. The average Bonchev–Trinajstić information content (AvgIpc) is 2.15. The van der Waals surface area contributed by atoms with Gasteiger partial charge < -0.3 is 5.11 Å². The Hall–Kier alpha value is -0.150. The van der Waals surface area contributed by atoms with Crippen LogP contribution >= 0.6 is 0 Å². The van der Waals surface area contributed by atoms with Crippen LogP contribution in [0.5, 0.6) is 0 Å². The van der Waals surface area contributed by atoms with E-state index in [1.807, 2.05) is 11.9 Å². The van der Waals surface area contributed by atoms with Gasteiger partial charge in [0.05, 0.1) is 12.6 Å². The molecule has 2 nitrogen and oxygen atoms in total. The number of hydrogen-bond donors (Lipinski definition) is 1. The van der Waals surface area contributed by atoms with E-state index in [2.05, 4.69) is 0 Å². The molecule has 3 fully saturated rings. The Balaban J connectivity index is 2.18. The van der Waals surface area contributed by atoms with Crippen LogP contribution < -0.4 is 0 Å². The van der Waals surface area contributed by atoms with Crippen LogP contribution in [0.4, 0.5) is 4.39 Å². The molecule has 2 bridgehead atoms. The van der Waals surface area contributed by atoms with Crippen LogP contribution in [0.2, 0.25) is 0 Å². The van der Waals surface area contributed by atoms with E-state index in [1.165, 1.54) is 0 Å². The molecule has 58 valence electrons. The van der Waals surface area contributed by atoms with Crippen molar-refractivity contribution in [3.8, 4) is 0 Å². The zero-order valence-electron chi connectivity index (χ0n) is 6.05. The summed E-state index contributed by atoms with van der Waals surface area (Å²) in [5, 5.41) is 8.82. The largest absolute Gasteiger partial charge is 0.395 e. The summed E-state index contributed by atoms with van der Waals surface area (Å²) in [5.74, 6) is 0. The normalized spacial score (nSPS) is 53.1. The fourth-order valence-electron chi connectivity index (χ4n) is 2.20. The van der Waals surface area contributed by atoms with Crippen molar-refractivity contribution in [1.82, 2.24) is 4.90 Å². The zero-order valence-corrected chi connectivity index (χ0v) is 6.05. The second-order valence-electron chi connectivity index (χ2n) is 3.46. The third kappa shape index (κ3) is 0.551. The van der Waals surface area contributed by atoms with E-state index in [0.717, 1.165) is 0 Å². The zero-order chi connectivity index (χ0) is 7.35. The molecule has 0 amide bonds. The molecule has 0 radical (unpaired) electrons. The maximum atomic E-state index is 13.4. The van der Waals surface area contributed by atoms with Crippen LogP contribution in [0.15, 0.2) is 0 Å². The third-order valence-electron chi connectivity index (χ3n) is 2.99. The molecule has 10 heavy (non-hydrogen) atoms. The molecule has 1 aliphatic carbocycles. The van der Waals surface area contributed by atoms with Crippen LogP contribution in [0.3, 0.4) is 0 Å². The first-order valence-electron chi connectivity index (χ1n) is 3.69. The lowest BCUT2D eigenvalue weighted by Gasteiger charge is -2.30. The molecule has 2 saturated heterocycles. The van der Waals surface area contributed by atoms with E-state index in [9.17, 15) is 4.39 Å². The van der Waals surface area contributed by atoms with Gasteiger partial charge in [0, 0.05) is 6.04 Å². The number of aliphatic hydroxyl groups excluding tert-OH is 1. The minimum atomic E-state index is -1.05. The maximum Gasteiger partial charge on any atom is 0.131 e. The Bertz CT molecular complexity index is 156. The smallest absolute Gasteiger partial charge is 0.131 e. The Labute approximate surface area is 59.6 Å². The fourth-order valence-corrected chi connectivity index (χ4v) is 2.20. The van der Waals surface area contributed by atoms with Crippen LogP contribution in [-0.2, 0) is 0 Å². The van der Waals surface area contributed by atoms with Crippen molar-refractivity contribution in [1.29, 1.82) is 0 Å². The van der Waals surface area contributed by atoms with E-state index in [-0.39, 0.29) is 12.6 Å². The van der Waals surface area contributed by atoms with E-state index >= 15 is 0 Å². The molecule has 1 unspecified atom stereocenters. The van der Waals surface area contributed by atoms with Crippen molar-refractivity contribution < 1.29 is 9.50 Å². The number of likely N-dealkylation sites (N-methyl/N-ethyl adjacent to an activating group) is 1. The number of halogens is 1. The van der Waals surface area contributed by atoms with Crippen molar-refractivity contribution in [2.24, 2.45) is 0 Å². The van der Waals surface area contributed by atoms with Gasteiger partial charge in [-0.05, 0) is 19.9 Å². The second-order valence-corrected chi connectivity index (χ2v) is 3.46. The van der Waals surface area contributed by atoms with Crippen molar-refractivity contribution >= 4 is 0 Å². The topological polar surface area (TPSA) is 23.5 Å². The van der Waals surface area contributed by atoms with E-state index < -0.39 is 5.67 Å². The van der Waals surface area contributed by atoms with Gasteiger partial charge in [0.2, 0.25) is 0 Å². The number of rotatable bonds is 1. The minimum Gasteiger partial charge on any atom is -0.395 e. The highest BCUT2D eigenvalue weighted by atomic mass is 19.1. The van der Waals surface area contributed by atoms with Gasteiger partial charge in [-0.25, -0.2) is 4.39 Å².